The minimum atomic E-state index is -4.51. The average Bonchev–Trinajstić information content (AvgIpc) is 3.29. The van der Waals surface area contributed by atoms with E-state index in [1.165, 1.54) is 30.5 Å². The molecule has 10 heteroatoms. The van der Waals surface area contributed by atoms with Crippen molar-refractivity contribution in [1.82, 2.24) is 14.8 Å². The molecule has 0 bridgehead atoms. The van der Waals surface area contributed by atoms with Gasteiger partial charge in [-0.05, 0) is 43.2 Å². The highest BCUT2D eigenvalue weighted by atomic mass is 32.1. The third-order valence-electron chi connectivity index (χ3n) is 4.26. The predicted octanol–water partition coefficient (Wildman–Crippen LogP) is 4.12. The number of ketones is 1. The number of hydrogen-bond donors (Lipinski definition) is 1. The molecule has 1 aromatic carbocycles. The number of aryl methyl sites for hydroxylation is 1. The number of aromatic nitrogens is 3. The van der Waals surface area contributed by atoms with Gasteiger partial charge < -0.3 is 0 Å². The van der Waals surface area contributed by atoms with Gasteiger partial charge in [-0.3, -0.25) is 14.9 Å². The Labute approximate surface area is 161 Å². The third-order valence-corrected chi connectivity index (χ3v) is 5.32. The number of benzene rings is 1. The summed E-state index contributed by atoms with van der Waals surface area (Å²) in [5.41, 5.74) is 0.427. The van der Waals surface area contributed by atoms with Crippen LogP contribution < -0.4 is 5.32 Å². The van der Waals surface area contributed by atoms with Crippen LogP contribution in [-0.4, -0.2) is 26.5 Å². The molecule has 6 nitrogen and oxygen atoms in total. The minimum Gasteiger partial charge on any atom is -0.298 e. The van der Waals surface area contributed by atoms with Gasteiger partial charge in [0, 0.05) is 18.2 Å². The van der Waals surface area contributed by atoms with Gasteiger partial charge >= 0.3 is 6.18 Å². The average molecular weight is 406 g/mol. The molecule has 4 rings (SSSR count). The van der Waals surface area contributed by atoms with E-state index in [0.29, 0.717) is 39.8 Å². The third kappa shape index (κ3) is 3.55. The fraction of sp³-hybridized carbons (Fsp3) is 0.222. The number of anilines is 1. The maximum absolute atomic E-state index is 12.6. The molecule has 2 heterocycles. The molecule has 0 fully saturated rings. The normalized spacial score (nSPS) is 14.0. The Bertz CT molecular complexity index is 1050. The number of carbonyl (C=O) groups is 2. The number of amides is 1. The fourth-order valence-electron chi connectivity index (χ4n) is 2.88. The Morgan fingerprint density at radius 3 is 2.54 bits per heavy atom. The summed E-state index contributed by atoms with van der Waals surface area (Å²) >= 11 is 1.16. The van der Waals surface area contributed by atoms with Gasteiger partial charge in [-0.2, -0.15) is 18.3 Å². The molecule has 0 saturated heterocycles. The molecule has 0 spiro atoms. The second-order valence-electron chi connectivity index (χ2n) is 6.22. The summed E-state index contributed by atoms with van der Waals surface area (Å²) in [7, 11) is 0. The molecule has 0 radical (unpaired) electrons. The fourth-order valence-corrected chi connectivity index (χ4v) is 3.85. The Morgan fingerprint density at radius 1 is 1.14 bits per heavy atom. The molecule has 1 aliphatic rings. The molecular weight excluding hydrogens is 393 g/mol. The number of carbonyl (C=O) groups excluding carboxylic acids is 2. The monoisotopic (exact) mass is 406 g/mol. The standard InChI is InChI=1S/C18H13F3N4O2S/c19-18(20,21)14-8-9-25(24-14)11-6-4-10(5-7-11)16(27)23-17-22-12-2-1-3-13(26)15(12)28-17/h4-9H,1-3H2,(H,22,23,27). The molecule has 0 atom stereocenters. The van der Waals surface area contributed by atoms with Crippen molar-refractivity contribution in [3.05, 3.63) is 58.4 Å². The van der Waals surface area contributed by atoms with Gasteiger partial charge in [-0.1, -0.05) is 11.3 Å². The van der Waals surface area contributed by atoms with Crippen molar-refractivity contribution >= 4 is 28.2 Å². The molecule has 0 saturated carbocycles. The first-order valence-corrected chi connectivity index (χ1v) is 9.20. The largest absolute Gasteiger partial charge is 0.435 e. The van der Waals surface area contributed by atoms with E-state index in [0.717, 1.165) is 28.5 Å². The second kappa shape index (κ2) is 6.86. The maximum Gasteiger partial charge on any atom is 0.435 e. The molecule has 28 heavy (non-hydrogen) atoms. The van der Waals surface area contributed by atoms with Gasteiger partial charge in [-0.15, -0.1) is 0 Å². The Kier molecular flexibility index (Phi) is 4.50. The van der Waals surface area contributed by atoms with Crippen LogP contribution in [0.4, 0.5) is 18.3 Å². The number of Topliss-reactive ketones (excluding diaryl/α,β-unsaturated/α-hetero) is 1. The van der Waals surface area contributed by atoms with Crippen LogP contribution in [0, 0.1) is 0 Å². The first-order chi connectivity index (χ1) is 13.3. The molecule has 144 valence electrons. The van der Waals surface area contributed by atoms with Crippen LogP contribution in [0.3, 0.4) is 0 Å². The highest BCUT2D eigenvalue weighted by Gasteiger charge is 2.33. The minimum absolute atomic E-state index is 0.0426. The quantitative estimate of drug-likeness (QED) is 0.710. The predicted molar refractivity (Wildman–Crippen MR) is 95.9 cm³/mol. The maximum atomic E-state index is 12.6. The lowest BCUT2D eigenvalue weighted by Gasteiger charge is -2.05. The summed E-state index contributed by atoms with van der Waals surface area (Å²) in [6.45, 7) is 0. The van der Waals surface area contributed by atoms with Gasteiger partial charge in [0.2, 0.25) is 0 Å². The van der Waals surface area contributed by atoms with Gasteiger partial charge in [0.05, 0.1) is 16.3 Å². The summed E-state index contributed by atoms with van der Waals surface area (Å²) in [6, 6.07) is 6.85. The van der Waals surface area contributed by atoms with Crippen LogP contribution in [-0.2, 0) is 12.6 Å². The van der Waals surface area contributed by atoms with Crippen molar-refractivity contribution in [3.63, 3.8) is 0 Å². The summed E-state index contributed by atoms with van der Waals surface area (Å²) in [4.78, 5) is 29.2. The SMILES string of the molecule is O=C(Nc1nc2c(s1)C(=O)CCC2)c1ccc(-n2ccc(C(F)(F)F)n2)cc1. The molecule has 0 unspecified atom stereocenters. The number of nitrogens with one attached hydrogen (secondary N) is 1. The first-order valence-electron chi connectivity index (χ1n) is 8.39. The zero-order valence-electron chi connectivity index (χ0n) is 14.3. The van der Waals surface area contributed by atoms with Crippen LogP contribution >= 0.6 is 11.3 Å². The summed E-state index contributed by atoms with van der Waals surface area (Å²) in [5, 5.41) is 6.51. The van der Waals surface area contributed by atoms with Crippen LogP contribution in [0.2, 0.25) is 0 Å². The van der Waals surface area contributed by atoms with Gasteiger partial charge in [-0.25, -0.2) is 9.67 Å². The van der Waals surface area contributed by atoms with Crippen molar-refractivity contribution < 1.29 is 22.8 Å². The smallest absolute Gasteiger partial charge is 0.298 e. The lowest BCUT2D eigenvalue weighted by molar-refractivity contribution is -0.141. The number of alkyl halides is 3. The summed E-state index contributed by atoms with van der Waals surface area (Å²) in [5.74, 6) is -0.373. The Morgan fingerprint density at radius 2 is 1.89 bits per heavy atom. The number of fused-ring (bicyclic) bond motifs is 1. The number of hydrogen-bond acceptors (Lipinski definition) is 5. The van der Waals surface area contributed by atoms with Crippen molar-refractivity contribution in [2.45, 2.75) is 25.4 Å². The highest BCUT2D eigenvalue weighted by Crippen LogP contribution is 2.30. The van der Waals surface area contributed by atoms with Gasteiger partial charge in [0.25, 0.3) is 5.91 Å². The van der Waals surface area contributed by atoms with E-state index in [9.17, 15) is 22.8 Å². The van der Waals surface area contributed by atoms with Crippen LogP contribution in [0.1, 0.15) is 44.3 Å². The molecule has 0 aliphatic heterocycles. The number of halogens is 3. The summed E-state index contributed by atoms with van der Waals surface area (Å²) < 4.78 is 39.0. The van der Waals surface area contributed by atoms with E-state index in [1.807, 2.05) is 0 Å². The molecule has 2 aromatic heterocycles. The zero-order chi connectivity index (χ0) is 19.9. The van der Waals surface area contributed by atoms with Gasteiger partial charge in [0.15, 0.2) is 16.6 Å². The molecule has 3 aromatic rings. The molecule has 1 amide bonds. The lowest BCUT2D eigenvalue weighted by Crippen LogP contribution is -2.12. The topological polar surface area (TPSA) is 76.9 Å². The van der Waals surface area contributed by atoms with E-state index >= 15 is 0 Å². The van der Waals surface area contributed by atoms with E-state index < -0.39 is 17.8 Å². The number of thiazole rings is 1. The van der Waals surface area contributed by atoms with E-state index in [4.69, 9.17) is 0 Å². The molecule has 1 aliphatic carbocycles. The number of nitrogens with zero attached hydrogens (tertiary/aromatic N) is 3. The van der Waals surface area contributed by atoms with Crippen molar-refractivity contribution in [2.75, 3.05) is 5.32 Å². The number of rotatable bonds is 3. The van der Waals surface area contributed by atoms with Gasteiger partial charge in [0.1, 0.15) is 0 Å². The Hall–Kier alpha value is -3.01. The van der Waals surface area contributed by atoms with Crippen molar-refractivity contribution in [3.8, 4) is 5.69 Å². The van der Waals surface area contributed by atoms with Crippen molar-refractivity contribution in [2.24, 2.45) is 0 Å². The van der Waals surface area contributed by atoms with E-state index in [2.05, 4.69) is 15.4 Å². The van der Waals surface area contributed by atoms with Crippen LogP contribution in [0.15, 0.2) is 36.5 Å². The lowest BCUT2D eigenvalue weighted by atomic mass is 10.0. The van der Waals surface area contributed by atoms with Crippen molar-refractivity contribution in [1.29, 1.82) is 0 Å². The summed E-state index contributed by atoms with van der Waals surface area (Å²) in [6.07, 6.45) is -1.35. The molecular formula is C18H13F3N4O2S. The van der Waals surface area contributed by atoms with E-state index in [-0.39, 0.29) is 5.78 Å². The second-order valence-corrected chi connectivity index (χ2v) is 7.21. The highest BCUT2D eigenvalue weighted by molar-refractivity contribution is 7.17. The zero-order valence-corrected chi connectivity index (χ0v) is 15.1. The van der Waals surface area contributed by atoms with E-state index in [1.54, 1.807) is 0 Å². The Balaban J connectivity index is 1.49. The van der Waals surface area contributed by atoms with Crippen LogP contribution in [0.5, 0.6) is 0 Å². The molecule has 1 N–H and O–H groups in total. The van der Waals surface area contributed by atoms with Crippen LogP contribution in [0.25, 0.3) is 5.69 Å². The first kappa shape index (κ1) is 18.4.